The third-order valence-corrected chi connectivity index (χ3v) is 2.60. The molecule has 0 bridgehead atoms. The molecule has 0 aliphatic carbocycles. The third kappa shape index (κ3) is 2.95. The number of hydrogen-bond acceptors (Lipinski definition) is 3. The van der Waals surface area contributed by atoms with Crippen molar-refractivity contribution >= 4 is 0 Å². The average molecular weight is 249 g/mol. The number of halogens is 3. The molecule has 0 aromatic carbocycles. The topological polar surface area (TPSA) is 42.4 Å². The molecule has 6 heteroatoms. The van der Waals surface area contributed by atoms with Crippen LogP contribution in [0.2, 0.25) is 0 Å². The number of aliphatic hydroxyl groups is 1. The van der Waals surface area contributed by atoms with Crippen LogP contribution in [-0.4, -0.2) is 23.8 Å². The summed E-state index contributed by atoms with van der Waals surface area (Å²) in [4.78, 5) is 3.64. The average Bonchev–Trinajstić information content (AvgIpc) is 2.28. The third-order valence-electron chi connectivity index (χ3n) is 2.60. The van der Waals surface area contributed by atoms with Crippen molar-refractivity contribution in [3.8, 4) is 0 Å². The summed E-state index contributed by atoms with van der Waals surface area (Å²) in [6, 6.07) is 0.853. The van der Waals surface area contributed by atoms with Crippen LogP contribution in [-0.2, 0) is 16.5 Å². The van der Waals surface area contributed by atoms with Crippen LogP contribution in [0.15, 0.2) is 18.5 Å². The van der Waals surface area contributed by atoms with Crippen LogP contribution in [0.5, 0.6) is 0 Å². The first-order valence-corrected chi connectivity index (χ1v) is 5.08. The quantitative estimate of drug-likeness (QED) is 0.890. The molecule has 96 valence electrons. The monoisotopic (exact) mass is 249 g/mol. The Kier molecular flexibility index (Phi) is 4.11. The number of hydrogen-bond donors (Lipinski definition) is 1. The van der Waals surface area contributed by atoms with E-state index < -0.39 is 17.3 Å². The van der Waals surface area contributed by atoms with Crippen LogP contribution in [0.1, 0.15) is 24.5 Å². The Hall–Kier alpha value is -1.14. The normalized spacial score (nSPS) is 15.6. The van der Waals surface area contributed by atoms with Gasteiger partial charge < -0.3 is 9.84 Å². The molecule has 1 aromatic heterocycles. The smallest absolute Gasteiger partial charge is 0.383 e. The molecule has 0 radical (unpaired) electrons. The first-order chi connectivity index (χ1) is 7.85. The molecule has 3 nitrogen and oxygen atoms in total. The maximum atomic E-state index is 12.8. The Labute approximate surface area is 97.2 Å². The Morgan fingerprint density at radius 3 is 2.47 bits per heavy atom. The van der Waals surface area contributed by atoms with E-state index in [4.69, 9.17) is 4.74 Å². The highest BCUT2D eigenvalue weighted by molar-refractivity contribution is 5.31. The van der Waals surface area contributed by atoms with Gasteiger partial charge in [-0.2, -0.15) is 13.2 Å². The summed E-state index contributed by atoms with van der Waals surface area (Å²) in [5.41, 5.74) is -2.81. The summed E-state index contributed by atoms with van der Waals surface area (Å²) >= 11 is 0. The van der Waals surface area contributed by atoms with E-state index in [1.807, 2.05) is 0 Å². The molecular formula is C11H14F3NO2. The van der Waals surface area contributed by atoms with E-state index in [1.54, 1.807) is 6.92 Å². The number of nitrogens with zero attached hydrogens (tertiary/aromatic N) is 1. The molecule has 1 aromatic rings. The van der Waals surface area contributed by atoms with E-state index in [2.05, 4.69) is 4.98 Å². The van der Waals surface area contributed by atoms with Gasteiger partial charge in [0, 0.05) is 25.1 Å². The predicted octanol–water partition coefficient (Wildman–Crippen LogP) is 2.34. The number of ether oxygens (including phenoxy) is 1. The summed E-state index contributed by atoms with van der Waals surface area (Å²) in [6.45, 7) is 1.38. The molecule has 0 amide bonds. The van der Waals surface area contributed by atoms with E-state index in [0.717, 1.165) is 18.5 Å². The molecule has 17 heavy (non-hydrogen) atoms. The first-order valence-electron chi connectivity index (χ1n) is 5.08. The fourth-order valence-electron chi connectivity index (χ4n) is 1.62. The lowest BCUT2D eigenvalue weighted by atomic mass is 9.89. The minimum atomic E-state index is -4.52. The van der Waals surface area contributed by atoms with Crippen molar-refractivity contribution in [2.45, 2.75) is 25.1 Å². The van der Waals surface area contributed by atoms with Gasteiger partial charge in [-0.3, -0.25) is 4.98 Å². The molecule has 0 saturated heterocycles. The maximum Gasteiger partial charge on any atom is 0.416 e. The molecule has 0 aliphatic rings. The zero-order valence-corrected chi connectivity index (χ0v) is 9.58. The van der Waals surface area contributed by atoms with E-state index in [0.29, 0.717) is 0 Å². The van der Waals surface area contributed by atoms with Crippen LogP contribution >= 0.6 is 0 Å². The van der Waals surface area contributed by atoms with E-state index >= 15 is 0 Å². The highest BCUT2D eigenvalue weighted by Crippen LogP contribution is 2.37. The SMILES string of the molecule is CCC(O)(COC)c1cnccc1C(F)(F)F. The molecular weight excluding hydrogens is 235 g/mol. The summed E-state index contributed by atoms with van der Waals surface area (Å²) in [5, 5.41) is 10.2. The summed E-state index contributed by atoms with van der Waals surface area (Å²) in [7, 11) is 1.32. The van der Waals surface area contributed by atoms with Gasteiger partial charge in [-0.1, -0.05) is 6.92 Å². The molecule has 1 N–H and O–H groups in total. The molecule has 1 rings (SSSR count). The number of rotatable bonds is 4. The molecule has 0 aliphatic heterocycles. The summed E-state index contributed by atoms with van der Waals surface area (Å²) in [6.07, 6.45) is -2.33. The largest absolute Gasteiger partial charge is 0.416 e. The van der Waals surface area contributed by atoms with Crippen LogP contribution < -0.4 is 0 Å². The fraction of sp³-hybridized carbons (Fsp3) is 0.545. The van der Waals surface area contributed by atoms with Crippen molar-refractivity contribution in [2.75, 3.05) is 13.7 Å². The van der Waals surface area contributed by atoms with E-state index in [-0.39, 0.29) is 18.6 Å². The Morgan fingerprint density at radius 2 is 2.00 bits per heavy atom. The molecule has 0 saturated carbocycles. The van der Waals surface area contributed by atoms with Crippen LogP contribution in [0, 0.1) is 0 Å². The van der Waals surface area contributed by atoms with Gasteiger partial charge >= 0.3 is 6.18 Å². The van der Waals surface area contributed by atoms with Crippen molar-refractivity contribution in [3.05, 3.63) is 29.6 Å². The number of methoxy groups -OCH3 is 1. The van der Waals surface area contributed by atoms with Crippen LogP contribution in [0.25, 0.3) is 0 Å². The lowest BCUT2D eigenvalue weighted by Crippen LogP contribution is -2.33. The van der Waals surface area contributed by atoms with Gasteiger partial charge in [0.05, 0.1) is 12.2 Å². The predicted molar refractivity (Wildman–Crippen MR) is 55.3 cm³/mol. The number of alkyl halides is 3. The van der Waals surface area contributed by atoms with Gasteiger partial charge in [-0.05, 0) is 12.5 Å². The minimum Gasteiger partial charge on any atom is -0.383 e. The number of pyridine rings is 1. The Bertz CT molecular complexity index is 381. The Balaban J connectivity index is 3.29. The van der Waals surface area contributed by atoms with Crippen molar-refractivity contribution in [3.63, 3.8) is 0 Å². The van der Waals surface area contributed by atoms with Crippen LogP contribution in [0.3, 0.4) is 0 Å². The molecule has 1 heterocycles. The summed E-state index contributed by atoms with van der Waals surface area (Å²) in [5.74, 6) is 0. The molecule has 0 fully saturated rings. The van der Waals surface area contributed by atoms with E-state index in [9.17, 15) is 18.3 Å². The van der Waals surface area contributed by atoms with Crippen molar-refractivity contribution in [1.82, 2.24) is 4.98 Å². The second-order valence-corrected chi connectivity index (χ2v) is 3.74. The van der Waals surface area contributed by atoms with Crippen molar-refractivity contribution in [2.24, 2.45) is 0 Å². The van der Waals surface area contributed by atoms with Gasteiger partial charge in [0.1, 0.15) is 5.60 Å². The summed E-state index contributed by atoms with van der Waals surface area (Å²) < 4.78 is 43.1. The van der Waals surface area contributed by atoms with E-state index in [1.165, 1.54) is 7.11 Å². The zero-order valence-electron chi connectivity index (χ0n) is 9.58. The van der Waals surface area contributed by atoms with Crippen molar-refractivity contribution in [1.29, 1.82) is 0 Å². The lowest BCUT2D eigenvalue weighted by molar-refractivity contribution is -0.142. The van der Waals surface area contributed by atoms with Crippen LogP contribution in [0.4, 0.5) is 13.2 Å². The Morgan fingerprint density at radius 1 is 1.35 bits per heavy atom. The van der Waals surface area contributed by atoms with Crippen molar-refractivity contribution < 1.29 is 23.0 Å². The highest BCUT2D eigenvalue weighted by Gasteiger charge is 2.40. The minimum absolute atomic E-state index is 0.107. The fourth-order valence-corrected chi connectivity index (χ4v) is 1.62. The van der Waals surface area contributed by atoms with Gasteiger partial charge in [0.2, 0.25) is 0 Å². The first kappa shape index (κ1) is 13.9. The van der Waals surface area contributed by atoms with Gasteiger partial charge in [0.15, 0.2) is 0 Å². The molecule has 0 spiro atoms. The number of aromatic nitrogens is 1. The van der Waals surface area contributed by atoms with Gasteiger partial charge in [-0.15, -0.1) is 0 Å². The molecule has 1 atom stereocenters. The second-order valence-electron chi connectivity index (χ2n) is 3.74. The maximum absolute atomic E-state index is 12.8. The molecule has 1 unspecified atom stereocenters. The zero-order chi connectivity index (χ0) is 13.1. The van der Waals surface area contributed by atoms with Gasteiger partial charge in [0.25, 0.3) is 0 Å². The lowest BCUT2D eigenvalue weighted by Gasteiger charge is -2.28. The second kappa shape index (κ2) is 5.01. The standard InChI is InChI=1S/C11H14F3NO2/c1-3-10(16,7-17-2)9-6-15-5-4-8(9)11(12,13)14/h4-6,16H,3,7H2,1-2H3. The highest BCUT2D eigenvalue weighted by atomic mass is 19.4. The van der Waals surface area contributed by atoms with Gasteiger partial charge in [-0.25, -0.2) is 0 Å².